The molecule has 0 aliphatic heterocycles. The number of ether oxygens (including phenoxy) is 4. The minimum atomic E-state index is -4.93. The first-order valence-corrected chi connectivity index (χ1v) is 32.6. The third-order valence-corrected chi connectivity index (χ3v) is 14.7. The van der Waals surface area contributed by atoms with Gasteiger partial charge in [-0.2, -0.15) is 0 Å². The second kappa shape index (κ2) is 50.3. The molecule has 0 aromatic rings. The van der Waals surface area contributed by atoms with Crippen molar-refractivity contribution in [1.29, 1.82) is 0 Å². The van der Waals surface area contributed by atoms with Gasteiger partial charge in [-0.15, -0.1) is 0 Å². The normalized spacial score (nSPS) is 14.5. The summed E-state index contributed by atoms with van der Waals surface area (Å²) in [6.07, 6.45) is 31.2. The lowest BCUT2D eigenvalue weighted by Gasteiger charge is -2.21. The molecule has 0 aliphatic rings. The Morgan fingerprint density at radius 2 is 0.613 bits per heavy atom. The lowest BCUT2D eigenvalue weighted by atomic mass is 10.0. The fourth-order valence-corrected chi connectivity index (χ4v) is 9.75. The quantitative estimate of drug-likeness (QED) is 0.0222. The van der Waals surface area contributed by atoms with Gasteiger partial charge in [-0.1, -0.05) is 221 Å². The van der Waals surface area contributed by atoms with Crippen LogP contribution in [-0.4, -0.2) is 96.7 Å². The Kier molecular flexibility index (Phi) is 49.0. The highest BCUT2D eigenvalue weighted by Crippen LogP contribution is 2.45. The van der Waals surface area contributed by atoms with E-state index in [1.54, 1.807) is 0 Å². The molecular formula is C56H108O17P2. The van der Waals surface area contributed by atoms with Crippen molar-refractivity contribution in [3.63, 3.8) is 0 Å². The lowest BCUT2D eigenvalue weighted by molar-refractivity contribution is -0.161. The number of esters is 4. The van der Waals surface area contributed by atoms with Crippen LogP contribution < -0.4 is 0 Å². The van der Waals surface area contributed by atoms with Crippen molar-refractivity contribution in [3.8, 4) is 0 Å². The largest absolute Gasteiger partial charge is 0.472 e. The molecule has 0 bridgehead atoms. The fraction of sp³-hybridized carbons (Fsp3) is 0.929. The molecule has 0 aromatic carbocycles. The zero-order valence-electron chi connectivity index (χ0n) is 47.7. The number of carbonyl (C=O) groups is 4. The second-order valence-electron chi connectivity index (χ2n) is 20.8. The van der Waals surface area contributed by atoms with Crippen molar-refractivity contribution < 1.29 is 80.2 Å². The predicted octanol–water partition coefficient (Wildman–Crippen LogP) is 14.7. The van der Waals surface area contributed by atoms with E-state index in [0.29, 0.717) is 31.6 Å². The van der Waals surface area contributed by atoms with Gasteiger partial charge < -0.3 is 33.8 Å². The van der Waals surface area contributed by atoms with Gasteiger partial charge in [-0.25, -0.2) is 9.13 Å². The highest BCUT2D eigenvalue weighted by Gasteiger charge is 2.30. The van der Waals surface area contributed by atoms with Crippen LogP contribution in [0.4, 0.5) is 0 Å². The first-order chi connectivity index (χ1) is 36.0. The second-order valence-corrected chi connectivity index (χ2v) is 23.7. The molecule has 2 unspecified atom stereocenters. The van der Waals surface area contributed by atoms with E-state index in [1.165, 1.54) is 77.0 Å². The Balaban J connectivity index is 5.17. The van der Waals surface area contributed by atoms with Gasteiger partial charge in [0.05, 0.1) is 26.4 Å². The molecule has 0 saturated heterocycles. The van der Waals surface area contributed by atoms with Crippen LogP contribution in [0.5, 0.6) is 0 Å². The van der Waals surface area contributed by atoms with Crippen molar-refractivity contribution in [2.45, 2.75) is 291 Å². The van der Waals surface area contributed by atoms with E-state index >= 15 is 0 Å². The molecule has 0 saturated carbocycles. The SMILES string of the molecule is CCCCCCCCCCCCCCCC(=O)O[C@H](COC(=O)CCCCCCCCC(C)C)COP(=O)(O)OC[C@@H](O)COP(=O)(O)OC[C@@H](COC(=O)CCCCCCC)OC(=O)CCCCCCCCCC. The molecule has 0 aromatic heterocycles. The number of aliphatic hydroxyl groups is 1. The number of unbranched alkanes of at least 4 members (excludes halogenated alkanes) is 28. The van der Waals surface area contributed by atoms with Crippen LogP contribution in [0.1, 0.15) is 272 Å². The summed E-state index contributed by atoms with van der Waals surface area (Å²) in [6, 6.07) is 0. The number of rotatable bonds is 56. The molecule has 0 aliphatic carbocycles. The topological polar surface area (TPSA) is 237 Å². The van der Waals surface area contributed by atoms with Gasteiger partial charge in [0.15, 0.2) is 12.2 Å². The number of hydrogen-bond donors (Lipinski definition) is 3. The highest BCUT2D eigenvalue weighted by atomic mass is 31.2. The van der Waals surface area contributed by atoms with E-state index in [-0.39, 0.29) is 25.7 Å². The predicted molar refractivity (Wildman–Crippen MR) is 294 cm³/mol. The fourth-order valence-electron chi connectivity index (χ4n) is 8.17. The average molecular weight is 1120 g/mol. The van der Waals surface area contributed by atoms with Crippen molar-refractivity contribution in [2.75, 3.05) is 39.6 Å². The van der Waals surface area contributed by atoms with Crippen LogP contribution >= 0.6 is 15.6 Å². The summed E-state index contributed by atoms with van der Waals surface area (Å²) in [5.41, 5.74) is 0. The first-order valence-electron chi connectivity index (χ1n) is 29.6. The summed E-state index contributed by atoms with van der Waals surface area (Å²) < 4.78 is 67.4. The number of phosphoric ester groups is 2. The van der Waals surface area contributed by atoms with Crippen LogP contribution in [0, 0.1) is 5.92 Å². The van der Waals surface area contributed by atoms with E-state index < -0.39 is 97.5 Å². The third-order valence-electron chi connectivity index (χ3n) is 12.8. The summed E-state index contributed by atoms with van der Waals surface area (Å²) in [4.78, 5) is 71.5. The molecule has 0 spiro atoms. The van der Waals surface area contributed by atoms with E-state index in [0.717, 1.165) is 109 Å². The van der Waals surface area contributed by atoms with Crippen molar-refractivity contribution in [3.05, 3.63) is 0 Å². The lowest BCUT2D eigenvalue weighted by Crippen LogP contribution is -2.30. The van der Waals surface area contributed by atoms with E-state index in [9.17, 15) is 43.2 Å². The van der Waals surface area contributed by atoms with Crippen molar-refractivity contribution in [2.24, 2.45) is 5.92 Å². The Hall–Kier alpha value is -1.94. The molecule has 19 heteroatoms. The Morgan fingerprint density at radius 1 is 0.360 bits per heavy atom. The maximum atomic E-state index is 12.9. The van der Waals surface area contributed by atoms with Crippen LogP contribution in [-0.2, 0) is 65.4 Å². The Morgan fingerprint density at radius 3 is 0.907 bits per heavy atom. The zero-order chi connectivity index (χ0) is 55.7. The number of phosphoric acid groups is 2. The summed E-state index contributed by atoms with van der Waals surface area (Å²) in [6.45, 7) is 6.93. The molecular weight excluding hydrogens is 1010 g/mol. The Labute approximate surface area is 454 Å². The van der Waals surface area contributed by atoms with Gasteiger partial charge in [-0.05, 0) is 31.6 Å². The summed E-state index contributed by atoms with van der Waals surface area (Å²) in [7, 11) is -9.86. The zero-order valence-corrected chi connectivity index (χ0v) is 49.5. The number of aliphatic hydroxyl groups excluding tert-OH is 1. The van der Waals surface area contributed by atoms with Crippen LogP contribution in [0.3, 0.4) is 0 Å². The molecule has 0 fully saturated rings. The molecule has 0 radical (unpaired) electrons. The monoisotopic (exact) mass is 1110 g/mol. The number of carbonyl (C=O) groups excluding carboxylic acids is 4. The van der Waals surface area contributed by atoms with Gasteiger partial charge in [0.25, 0.3) is 0 Å². The molecule has 0 rings (SSSR count). The molecule has 17 nitrogen and oxygen atoms in total. The van der Waals surface area contributed by atoms with Gasteiger partial charge in [0.1, 0.15) is 19.3 Å². The third kappa shape index (κ3) is 51.3. The summed E-state index contributed by atoms with van der Waals surface area (Å²) >= 11 is 0. The van der Waals surface area contributed by atoms with Gasteiger partial charge in [0.2, 0.25) is 0 Å². The van der Waals surface area contributed by atoms with Gasteiger partial charge in [0, 0.05) is 25.7 Å². The summed E-state index contributed by atoms with van der Waals surface area (Å²) in [5, 5.41) is 10.5. The minimum absolute atomic E-state index is 0.104. The van der Waals surface area contributed by atoms with Crippen molar-refractivity contribution in [1.82, 2.24) is 0 Å². The van der Waals surface area contributed by atoms with Gasteiger partial charge in [-0.3, -0.25) is 37.3 Å². The smallest absolute Gasteiger partial charge is 0.462 e. The maximum absolute atomic E-state index is 12.9. The molecule has 3 N–H and O–H groups in total. The highest BCUT2D eigenvalue weighted by molar-refractivity contribution is 7.47. The molecule has 444 valence electrons. The minimum Gasteiger partial charge on any atom is -0.462 e. The molecule has 0 heterocycles. The average Bonchev–Trinajstić information content (AvgIpc) is 3.37. The standard InChI is InChI=1S/C56H108O17P2/c1-6-9-12-15-17-19-20-21-22-23-25-32-37-42-56(61)73-52(46-67-54(59)40-35-30-27-26-29-33-38-49(4)5)48-71-75(64,65)69-44-50(57)43-68-74(62,63)70-47-51(45-66-53(58)39-34-28-14-11-8-3)72-55(60)41-36-31-24-18-16-13-10-7-2/h49-52,57H,6-48H2,1-5H3,(H,62,63)(H,64,65)/t50-,51+,52+/m0/s1. The molecule has 5 atom stereocenters. The first kappa shape index (κ1) is 73.1. The van der Waals surface area contributed by atoms with Gasteiger partial charge >= 0.3 is 39.5 Å². The maximum Gasteiger partial charge on any atom is 0.472 e. The van der Waals surface area contributed by atoms with Crippen LogP contribution in [0.15, 0.2) is 0 Å². The molecule has 75 heavy (non-hydrogen) atoms. The van der Waals surface area contributed by atoms with Crippen molar-refractivity contribution >= 4 is 39.5 Å². The van der Waals surface area contributed by atoms with E-state index in [1.807, 2.05) is 0 Å². The van der Waals surface area contributed by atoms with E-state index in [4.69, 9.17) is 37.0 Å². The Bertz CT molecular complexity index is 1480. The van der Waals surface area contributed by atoms with Crippen LogP contribution in [0.25, 0.3) is 0 Å². The van der Waals surface area contributed by atoms with Crippen LogP contribution in [0.2, 0.25) is 0 Å². The summed E-state index contributed by atoms with van der Waals surface area (Å²) in [5.74, 6) is -1.48. The number of hydrogen-bond acceptors (Lipinski definition) is 15. The van der Waals surface area contributed by atoms with E-state index in [2.05, 4.69) is 34.6 Å². The molecule has 0 amide bonds.